The largest absolute Gasteiger partial charge is 0.493 e. The molecule has 29 heavy (non-hydrogen) atoms. The smallest absolute Gasteiger partial charge is 0.174 e. The Hall–Kier alpha value is -2.99. The van der Waals surface area contributed by atoms with Gasteiger partial charge in [0.1, 0.15) is 0 Å². The topological polar surface area (TPSA) is 38.7 Å². The van der Waals surface area contributed by atoms with Crippen LogP contribution in [-0.2, 0) is 6.54 Å². The minimum Gasteiger partial charge on any atom is -0.493 e. The van der Waals surface area contributed by atoms with Gasteiger partial charge in [-0.25, -0.2) is 0 Å². The van der Waals surface area contributed by atoms with Crippen LogP contribution in [0.15, 0.2) is 60.8 Å². The monoisotopic (exact) mass is 407 g/mol. The predicted octanol–water partition coefficient (Wildman–Crippen LogP) is 4.62. The van der Waals surface area contributed by atoms with Gasteiger partial charge in [-0.1, -0.05) is 18.2 Å². The van der Waals surface area contributed by atoms with Gasteiger partial charge in [-0.15, -0.1) is 0 Å². The third kappa shape index (κ3) is 3.80. The number of ether oxygens (including phenoxy) is 2. The first-order valence-corrected chi connectivity index (χ1v) is 10.0. The van der Waals surface area contributed by atoms with Crippen molar-refractivity contribution in [2.24, 2.45) is 0 Å². The molecule has 4 rings (SSSR count). The number of anilines is 1. The number of thiocarbonyl (C=S) groups is 1. The SMILES string of the molecule is COc1ccc([C@@H]2c3cccn3CCN2C(=S)Nc2cccc(C)c2)cc1OC. The highest BCUT2D eigenvalue weighted by molar-refractivity contribution is 7.80. The zero-order valence-corrected chi connectivity index (χ0v) is 17.7. The minimum absolute atomic E-state index is 0.0108. The van der Waals surface area contributed by atoms with Gasteiger partial charge in [-0.05, 0) is 66.7 Å². The molecule has 1 atom stereocenters. The van der Waals surface area contributed by atoms with Gasteiger partial charge in [0.15, 0.2) is 16.6 Å². The summed E-state index contributed by atoms with van der Waals surface area (Å²) in [6, 6.07) is 18.6. The third-order valence-electron chi connectivity index (χ3n) is 5.29. The lowest BCUT2D eigenvalue weighted by Crippen LogP contribution is -2.44. The summed E-state index contributed by atoms with van der Waals surface area (Å²) in [6.45, 7) is 3.79. The second kappa shape index (κ2) is 8.17. The minimum atomic E-state index is -0.0108. The number of aromatic nitrogens is 1. The highest BCUT2D eigenvalue weighted by Crippen LogP contribution is 2.37. The number of benzene rings is 2. The van der Waals surface area contributed by atoms with E-state index in [1.165, 1.54) is 11.3 Å². The molecule has 1 aromatic heterocycles. The van der Waals surface area contributed by atoms with Crippen LogP contribution >= 0.6 is 12.2 Å². The van der Waals surface area contributed by atoms with E-state index >= 15 is 0 Å². The normalized spacial score (nSPS) is 15.6. The van der Waals surface area contributed by atoms with Crippen molar-refractivity contribution in [2.45, 2.75) is 19.5 Å². The van der Waals surface area contributed by atoms with Gasteiger partial charge in [0.2, 0.25) is 0 Å². The number of fused-ring (bicyclic) bond motifs is 1. The summed E-state index contributed by atoms with van der Waals surface area (Å²) in [5.41, 5.74) is 4.51. The first-order valence-electron chi connectivity index (χ1n) is 9.62. The molecule has 6 heteroatoms. The van der Waals surface area contributed by atoms with E-state index in [1.807, 2.05) is 24.3 Å². The second-order valence-corrected chi connectivity index (χ2v) is 7.52. The number of methoxy groups -OCH3 is 2. The Balaban J connectivity index is 1.70. The van der Waals surface area contributed by atoms with Crippen molar-refractivity contribution in [3.8, 4) is 11.5 Å². The molecular formula is C23H25N3O2S. The zero-order chi connectivity index (χ0) is 20.4. The summed E-state index contributed by atoms with van der Waals surface area (Å²) in [5, 5.41) is 4.13. The number of nitrogens with zero attached hydrogens (tertiary/aromatic N) is 2. The number of nitrogens with one attached hydrogen (secondary N) is 1. The lowest BCUT2D eigenvalue weighted by atomic mass is 9.99. The maximum Gasteiger partial charge on any atom is 0.174 e. The molecule has 0 radical (unpaired) electrons. The van der Waals surface area contributed by atoms with Crippen LogP contribution in [0.1, 0.15) is 22.9 Å². The number of aryl methyl sites for hydroxylation is 1. The second-order valence-electron chi connectivity index (χ2n) is 7.14. The van der Waals surface area contributed by atoms with Gasteiger partial charge < -0.3 is 24.3 Å². The molecule has 0 fully saturated rings. The molecular weight excluding hydrogens is 382 g/mol. The molecule has 3 aromatic rings. The van der Waals surface area contributed by atoms with Crippen molar-refractivity contribution >= 4 is 23.0 Å². The fraction of sp³-hybridized carbons (Fsp3) is 0.261. The van der Waals surface area contributed by atoms with Gasteiger partial charge in [0.25, 0.3) is 0 Å². The van der Waals surface area contributed by atoms with Gasteiger partial charge >= 0.3 is 0 Å². The quantitative estimate of drug-likeness (QED) is 0.639. The molecule has 2 heterocycles. The van der Waals surface area contributed by atoms with Crippen molar-refractivity contribution < 1.29 is 9.47 Å². The molecule has 0 saturated carbocycles. The summed E-state index contributed by atoms with van der Waals surface area (Å²) < 4.78 is 13.2. The van der Waals surface area contributed by atoms with Crippen molar-refractivity contribution in [3.05, 3.63) is 77.6 Å². The number of rotatable bonds is 4. The van der Waals surface area contributed by atoms with E-state index in [0.717, 1.165) is 30.1 Å². The Morgan fingerprint density at radius 1 is 1.00 bits per heavy atom. The van der Waals surface area contributed by atoms with E-state index in [4.69, 9.17) is 21.7 Å². The van der Waals surface area contributed by atoms with Gasteiger partial charge in [-0.2, -0.15) is 0 Å². The Labute approximate surface area is 176 Å². The molecule has 0 spiro atoms. The Kier molecular flexibility index (Phi) is 5.45. The summed E-state index contributed by atoms with van der Waals surface area (Å²) >= 11 is 5.84. The Morgan fingerprint density at radius 2 is 1.83 bits per heavy atom. The molecule has 2 aromatic carbocycles. The average molecular weight is 408 g/mol. The van der Waals surface area contributed by atoms with Gasteiger partial charge in [-0.3, -0.25) is 0 Å². The van der Waals surface area contributed by atoms with Crippen molar-refractivity contribution in [1.29, 1.82) is 0 Å². The van der Waals surface area contributed by atoms with Crippen LogP contribution in [0.3, 0.4) is 0 Å². The predicted molar refractivity (Wildman–Crippen MR) is 120 cm³/mol. The summed E-state index contributed by atoms with van der Waals surface area (Å²) in [7, 11) is 3.31. The van der Waals surface area contributed by atoms with Crippen LogP contribution in [-0.4, -0.2) is 35.3 Å². The third-order valence-corrected chi connectivity index (χ3v) is 5.63. The van der Waals surface area contributed by atoms with E-state index in [-0.39, 0.29) is 6.04 Å². The lowest BCUT2D eigenvalue weighted by Gasteiger charge is -2.39. The van der Waals surface area contributed by atoms with Crippen LogP contribution in [0.25, 0.3) is 0 Å². The maximum absolute atomic E-state index is 5.84. The molecule has 0 aliphatic carbocycles. The van der Waals surface area contributed by atoms with Crippen LogP contribution in [0.4, 0.5) is 5.69 Å². The van der Waals surface area contributed by atoms with E-state index in [2.05, 4.69) is 58.2 Å². The molecule has 5 nitrogen and oxygen atoms in total. The lowest BCUT2D eigenvalue weighted by molar-refractivity contribution is 0.291. The zero-order valence-electron chi connectivity index (χ0n) is 16.9. The maximum atomic E-state index is 5.84. The van der Waals surface area contributed by atoms with Gasteiger partial charge in [0, 0.05) is 30.7 Å². The van der Waals surface area contributed by atoms with E-state index in [1.54, 1.807) is 14.2 Å². The Bertz CT molecular complexity index is 1030. The van der Waals surface area contributed by atoms with Crippen LogP contribution in [0.2, 0.25) is 0 Å². The van der Waals surface area contributed by atoms with Crippen LogP contribution in [0.5, 0.6) is 11.5 Å². The number of hydrogen-bond acceptors (Lipinski definition) is 3. The summed E-state index contributed by atoms with van der Waals surface area (Å²) in [5.74, 6) is 1.43. The fourth-order valence-electron chi connectivity index (χ4n) is 3.89. The van der Waals surface area contributed by atoms with E-state index in [0.29, 0.717) is 10.9 Å². The van der Waals surface area contributed by atoms with E-state index in [9.17, 15) is 0 Å². The number of hydrogen-bond donors (Lipinski definition) is 1. The molecule has 150 valence electrons. The molecule has 0 bridgehead atoms. The Morgan fingerprint density at radius 3 is 2.59 bits per heavy atom. The highest BCUT2D eigenvalue weighted by Gasteiger charge is 2.31. The van der Waals surface area contributed by atoms with Crippen molar-refractivity contribution in [3.63, 3.8) is 0 Å². The van der Waals surface area contributed by atoms with Crippen LogP contribution in [0, 0.1) is 6.92 Å². The molecule has 1 aliphatic rings. The molecule has 0 unspecified atom stereocenters. The molecule has 1 N–H and O–H groups in total. The van der Waals surface area contributed by atoms with Gasteiger partial charge in [0.05, 0.1) is 20.3 Å². The molecule has 0 amide bonds. The van der Waals surface area contributed by atoms with Crippen LogP contribution < -0.4 is 14.8 Å². The first kappa shape index (κ1) is 19.3. The highest BCUT2D eigenvalue weighted by atomic mass is 32.1. The molecule has 1 aliphatic heterocycles. The van der Waals surface area contributed by atoms with Crippen molar-refractivity contribution in [2.75, 3.05) is 26.1 Å². The first-order chi connectivity index (χ1) is 14.1. The summed E-state index contributed by atoms with van der Waals surface area (Å²) in [4.78, 5) is 2.24. The average Bonchev–Trinajstić information content (AvgIpc) is 3.21. The standard InChI is InChI=1S/C23H25N3O2S/c1-16-6-4-7-18(14-16)24-23(29)26-13-12-25-11-5-8-19(25)22(26)17-9-10-20(27-2)21(15-17)28-3/h4-11,14-15,22H,12-13H2,1-3H3,(H,24,29)/t22-/m1/s1. The fourth-order valence-corrected chi connectivity index (χ4v) is 4.21. The molecule has 0 saturated heterocycles. The summed E-state index contributed by atoms with van der Waals surface area (Å²) in [6.07, 6.45) is 2.12. The van der Waals surface area contributed by atoms with E-state index < -0.39 is 0 Å². The van der Waals surface area contributed by atoms with Crippen molar-refractivity contribution in [1.82, 2.24) is 9.47 Å².